The lowest BCUT2D eigenvalue weighted by Gasteiger charge is -2.26. The van der Waals surface area contributed by atoms with Gasteiger partial charge in [0, 0.05) is 0 Å². The van der Waals surface area contributed by atoms with E-state index < -0.39 is 23.7 Å². The van der Waals surface area contributed by atoms with Crippen molar-refractivity contribution >= 4 is 11.6 Å². The third-order valence-electron chi connectivity index (χ3n) is 2.30. The highest BCUT2D eigenvalue weighted by Crippen LogP contribution is 2.44. The molecule has 1 aromatic rings. The van der Waals surface area contributed by atoms with Gasteiger partial charge in [-0.05, 0) is 17.7 Å². The van der Waals surface area contributed by atoms with Crippen LogP contribution in [0.4, 0.5) is 22.0 Å². The van der Waals surface area contributed by atoms with E-state index in [0.717, 1.165) is 18.2 Å². The molecule has 0 radical (unpaired) electrons. The molecule has 1 aromatic carbocycles. The molecule has 1 rings (SSSR count). The quantitative estimate of drug-likeness (QED) is 0.864. The van der Waals surface area contributed by atoms with Gasteiger partial charge in [-0.2, -0.15) is 22.0 Å². The average molecular weight is 290 g/mol. The van der Waals surface area contributed by atoms with Gasteiger partial charge in [-0.15, -0.1) is 0 Å². The normalized spacial score (nSPS) is 14.4. The molecular formula is C10H9ClF5NO. The van der Waals surface area contributed by atoms with Crippen molar-refractivity contribution in [2.24, 2.45) is 5.73 Å². The fourth-order valence-electron chi connectivity index (χ4n) is 1.26. The molecule has 0 heterocycles. The predicted octanol–water partition coefficient (Wildman–Crippen LogP) is 3.55. The van der Waals surface area contributed by atoms with Crippen molar-refractivity contribution in [1.29, 1.82) is 0 Å². The topological polar surface area (TPSA) is 35.2 Å². The van der Waals surface area contributed by atoms with Crippen molar-refractivity contribution in [3.63, 3.8) is 0 Å². The summed E-state index contributed by atoms with van der Waals surface area (Å²) in [5, 5.41) is 0.0868. The molecule has 0 aromatic heterocycles. The number of benzene rings is 1. The van der Waals surface area contributed by atoms with Crippen LogP contribution in [0.1, 0.15) is 11.6 Å². The number of methoxy groups -OCH3 is 1. The summed E-state index contributed by atoms with van der Waals surface area (Å²) < 4.78 is 67.2. The van der Waals surface area contributed by atoms with Crippen molar-refractivity contribution in [2.75, 3.05) is 7.11 Å². The van der Waals surface area contributed by atoms with Crippen molar-refractivity contribution in [2.45, 2.75) is 18.1 Å². The summed E-state index contributed by atoms with van der Waals surface area (Å²) in [4.78, 5) is 0. The van der Waals surface area contributed by atoms with E-state index in [9.17, 15) is 22.0 Å². The van der Waals surface area contributed by atoms with Gasteiger partial charge in [-0.1, -0.05) is 17.7 Å². The van der Waals surface area contributed by atoms with Gasteiger partial charge < -0.3 is 10.5 Å². The van der Waals surface area contributed by atoms with Crippen LogP contribution in [0, 0.1) is 0 Å². The molecule has 0 saturated carbocycles. The Morgan fingerprint density at radius 1 is 1.22 bits per heavy atom. The first kappa shape index (κ1) is 15.0. The van der Waals surface area contributed by atoms with Crippen LogP contribution in [-0.4, -0.2) is 19.2 Å². The Labute approximate surface area is 104 Å². The van der Waals surface area contributed by atoms with Crippen molar-refractivity contribution in [1.82, 2.24) is 0 Å². The smallest absolute Gasteiger partial charge is 0.455 e. The van der Waals surface area contributed by atoms with Gasteiger partial charge >= 0.3 is 12.1 Å². The highest BCUT2D eigenvalue weighted by molar-refractivity contribution is 6.32. The lowest BCUT2D eigenvalue weighted by Crippen LogP contribution is -2.45. The van der Waals surface area contributed by atoms with Crippen LogP contribution in [0.3, 0.4) is 0 Å². The number of nitrogens with two attached hydrogens (primary N) is 1. The summed E-state index contributed by atoms with van der Waals surface area (Å²) in [6.07, 6.45) is -5.72. The molecule has 0 aliphatic heterocycles. The minimum Gasteiger partial charge on any atom is -0.495 e. The summed E-state index contributed by atoms with van der Waals surface area (Å²) in [5.41, 5.74) is 4.55. The molecular weight excluding hydrogens is 281 g/mol. The Kier molecular flexibility index (Phi) is 4.07. The zero-order valence-electron chi connectivity index (χ0n) is 9.06. The van der Waals surface area contributed by atoms with E-state index in [1.54, 1.807) is 0 Å². The maximum Gasteiger partial charge on any atom is 0.455 e. The molecule has 2 N–H and O–H groups in total. The summed E-state index contributed by atoms with van der Waals surface area (Å²) in [6, 6.07) is 0.563. The van der Waals surface area contributed by atoms with Crippen LogP contribution in [0.2, 0.25) is 5.02 Å². The second-order valence-electron chi connectivity index (χ2n) is 3.49. The first-order valence-corrected chi connectivity index (χ1v) is 5.02. The SMILES string of the molecule is COc1cc([C@H](N)C(F)(F)C(F)(F)F)ccc1Cl. The number of alkyl halides is 5. The van der Waals surface area contributed by atoms with Crippen LogP contribution in [0.25, 0.3) is 0 Å². The molecule has 1 atom stereocenters. The molecule has 0 aliphatic rings. The second-order valence-corrected chi connectivity index (χ2v) is 3.90. The largest absolute Gasteiger partial charge is 0.495 e. The number of hydrogen-bond donors (Lipinski definition) is 1. The van der Waals surface area contributed by atoms with Gasteiger partial charge in [-0.3, -0.25) is 0 Å². The Bertz CT molecular complexity index is 435. The van der Waals surface area contributed by atoms with E-state index in [0.29, 0.717) is 0 Å². The minimum absolute atomic E-state index is 0.0254. The Balaban J connectivity index is 3.15. The van der Waals surface area contributed by atoms with Crippen LogP contribution >= 0.6 is 11.6 Å². The van der Waals surface area contributed by atoms with E-state index in [2.05, 4.69) is 0 Å². The van der Waals surface area contributed by atoms with E-state index >= 15 is 0 Å². The number of rotatable bonds is 3. The molecule has 0 saturated heterocycles. The zero-order chi connectivity index (χ0) is 14.1. The Morgan fingerprint density at radius 3 is 2.22 bits per heavy atom. The van der Waals surface area contributed by atoms with Crippen molar-refractivity contribution in [3.05, 3.63) is 28.8 Å². The third-order valence-corrected chi connectivity index (χ3v) is 2.62. The molecule has 0 fully saturated rings. The van der Waals surface area contributed by atoms with Gasteiger partial charge in [0.1, 0.15) is 11.8 Å². The summed E-state index contributed by atoms with van der Waals surface area (Å²) in [5.74, 6) is -5.06. The third kappa shape index (κ3) is 2.67. The van der Waals surface area contributed by atoms with Gasteiger partial charge in [0.2, 0.25) is 0 Å². The van der Waals surface area contributed by atoms with E-state index in [4.69, 9.17) is 22.1 Å². The fraction of sp³-hybridized carbons (Fsp3) is 0.400. The molecule has 8 heteroatoms. The van der Waals surface area contributed by atoms with Crippen LogP contribution in [-0.2, 0) is 0 Å². The second kappa shape index (κ2) is 4.89. The van der Waals surface area contributed by atoms with E-state index in [1.807, 2.05) is 0 Å². The average Bonchev–Trinajstić information content (AvgIpc) is 2.27. The van der Waals surface area contributed by atoms with Gasteiger partial charge in [-0.25, -0.2) is 0 Å². The van der Waals surface area contributed by atoms with Gasteiger partial charge in [0.05, 0.1) is 12.1 Å². The summed E-state index contributed by atoms with van der Waals surface area (Å²) in [7, 11) is 1.21. The molecule has 18 heavy (non-hydrogen) atoms. The summed E-state index contributed by atoms with van der Waals surface area (Å²) >= 11 is 5.63. The minimum atomic E-state index is -5.72. The molecule has 0 bridgehead atoms. The number of ether oxygens (including phenoxy) is 1. The Morgan fingerprint density at radius 2 is 1.78 bits per heavy atom. The number of hydrogen-bond acceptors (Lipinski definition) is 2. The van der Waals surface area contributed by atoms with Crippen LogP contribution in [0.15, 0.2) is 18.2 Å². The van der Waals surface area contributed by atoms with Crippen LogP contribution < -0.4 is 10.5 Å². The maximum absolute atomic E-state index is 13.0. The lowest BCUT2D eigenvalue weighted by atomic mass is 10.0. The van der Waals surface area contributed by atoms with E-state index in [-0.39, 0.29) is 10.8 Å². The predicted molar refractivity (Wildman–Crippen MR) is 55.9 cm³/mol. The monoisotopic (exact) mass is 289 g/mol. The fourth-order valence-corrected chi connectivity index (χ4v) is 1.45. The molecule has 0 spiro atoms. The molecule has 0 unspecified atom stereocenters. The lowest BCUT2D eigenvalue weighted by molar-refractivity contribution is -0.291. The Hall–Kier alpha value is -1.08. The van der Waals surface area contributed by atoms with Crippen LogP contribution in [0.5, 0.6) is 5.75 Å². The maximum atomic E-state index is 13.0. The standard InChI is InChI=1S/C10H9ClF5NO/c1-18-7-4-5(2-3-6(7)11)8(17)9(12,13)10(14,15)16/h2-4,8H,17H2,1H3/t8-/m0/s1. The first-order valence-electron chi connectivity index (χ1n) is 4.64. The zero-order valence-corrected chi connectivity index (χ0v) is 9.82. The first-order chi connectivity index (χ1) is 8.11. The van der Waals surface area contributed by atoms with Gasteiger partial charge in [0.25, 0.3) is 0 Å². The molecule has 102 valence electrons. The molecule has 0 amide bonds. The van der Waals surface area contributed by atoms with Crippen molar-refractivity contribution < 1.29 is 26.7 Å². The van der Waals surface area contributed by atoms with Crippen molar-refractivity contribution in [3.8, 4) is 5.75 Å². The summed E-state index contributed by atoms with van der Waals surface area (Å²) in [6.45, 7) is 0. The van der Waals surface area contributed by atoms with E-state index in [1.165, 1.54) is 7.11 Å². The van der Waals surface area contributed by atoms with Gasteiger partial charge in [0.15, 0.2) is 0 Å². The number of halogens is 6. The molecule has 0 aliphatic carbocycles. The molecule has 2 nitrogen and oxygen atoms in total. The highest BCUT2D eigenvalue weighted by atomic mass is 35.5. The highest BCUT2D eigenvalue weighted by Gasteiger charge is 2.61.